The average Bonchev–Trinajstić information content (AvgIpc) is 2.61. The lowest BCUT2D eigenvalue weighted by molar-refractivity contribution is 0.225. The van der Waals surface area contributed by atoms with Gasteiger partial charge in [0.15, 0.2) is 0 Å². The summed E-state index contributed by atoms with van der Waals surface area (Å²) in [6.45, 7) is 1.61. The second kappa shape index (κ2) is 7.52. The number of amides is 2. The molecule has 0 aliphatic rings. The molecular weight excluding hydrogens is 347 g/mol. The van der Waals surface area contributed by atoms with Crippen molar-refractivity contribution in [2.45, 2.75) is 17.9 Å². The van der Waals surface area contributed by atoms with Crippen LogP contribution in [-0.4, -0.2) is 32.9 Å². The molecule has 2 aromatic rings. The normalized spacial score (nSPS) is 12.3. The van der Waals surface area contributed by atoms with Crippen LogP contribution in [0.15, 0.2) is 53.4 Å². The summed E-state index contributed by atoms with van der Waals surface area (Å²) in [5.74, 6) is -0.0927. The van der Waals surface area contributed by atoms with Gasteiger partial charge in [0.25, 0.3) is 10.0 Å². The molecule has 0 bridgehead atoms. The van der Waals surface area contributed by atoms with Gasteiger partial charge in [-0.3, -0.25) is 0 Å². The fourth-order valence-electron chi connectivity index (χ4n) is 2.26. The van der Waals surface area contributed by atoms with Gasteiger partial charge in [0.2, 0.25) is 0 Å². The van der Waals surface area contributed by atoms with Crippen LogP contribution in [0.2, 0.25) is 0 Å². The number of nitrogens with zero attached hydrogens (tertiary/aromatic N) is 1. The molecule has 0 aliphatic carbocycles. The fourth-order valence-corrected chi connectivity index (χ4v) is 3.35. The van der Waals surface area contributed by atoms with E-state index in [1.54, 1.807) is 25.1 Å². The van der Waals surface area contributed by atoms with Crippen molar-refractivity contribution >= 4 is 16.1 Å². The molecule has 0 aromatic heterocycles. The van der Waals surface area contributed by atoms with Crippen LogP contribution in [0, 0.1) is 5.82 Å². The van der Waals surface area contributed by atoms with Crippen molar-refractivity contribution in [2.24, 2.45) is 0 Å². The van der Waals surface area contributed by atoms with Gasteiger partial charge in [0.05, 0.1) is 18.0 Å². The van der Waals surface area contributed by atoms with E-state index in [1.165, 1.54) is 37.4 Å². The van der Waals surface area contributed by atoms with Gasteiger partial charge in [-0.05, 0) is 37.3 Å². The molecule has 1 unspecified atom stereocenters. The highest BCUT2D eigenvalue weighted by Gasteiger charge is 2.27. The summed E-state index contributed by atoms with van der Waals surface area (Å²) in [5.41, 5.74) is 0.404. The number of urea groups is 1. The lowest BCUT2D eigenvalue weighted by Crippen LogP contribution is -2.42. The lowest BCUT2D eigenvalue weighted by atomic mass is 10.1. The van der Waals surface area contributed by atoms with Crippen molar-refractivity contribution in [3.05, 3.63) is 59.9 Å². The van der Waals surface area contributed by atoms with Gasteiger partial charge in [0, 0.05) is 12.6 Å². The number of ether oxygens (including phenoxy) is 1. The van der Waals surface area contributed by atoms with Crippen molar-refractivity contribution in [1.29, 1.82) is 0 Å². The monoisotopic (exact) mass is 366 g/mol. The highest BCUT2D eigenvalue weighted by atomic mass is 32.2. The second-order valence-electron chi connectivity index (χ2n) is 5.34. The van der Waals surface area contributed by atoms with Gasteiger partial charge < -0.3 is 10.1 Å². The molecule has 1 N–H and O–H groups in total. The molecular formula is C17H19FN2O4S. The SMILES string of the molecule is COc1ccc(F)cc1C(C)NC(=O)N(C)S(=O)(=O)c1ccccc1. The van der Waals surface area contributed by atoms with Gasteiger partial charge in [0.1, 0.15) is 11.6 Å². The highest BCUT2D eigenvalue weighted by Crippen LogP contribution is 2.26. The summed E-state index contributed by atoms with van der Waals surface area (Å²) in [5, 5.41) is 2.53. The molecule has 25 heavy (non-hydrogen) atoms. The number of carbonyl (C=O) groups is 1. The fraction of sp³-hybridized carbons (Fsp3) is 0.235. The van der Waals surface area contributed by atoms with E-state index in [1.807, 2.05) is 0 Å². The third kappa shape index (κ3) is 4.08. The van der Waals surface area contributed by atoms with Crippen molar-refractivity contribution in [1.82, 2.24) is 9.62 Å². The summed E-state index contributed by atoms with van der Waals surface area (Å²) in [4.78, 5) is 12.3. The van der Waals surface area contributed by atoms with Crippen molar-refractivity contribution < 1.29 is 22.3 Å². The zero-order chi connectivity index (χ0) is 18.6. The van der Waals surface area contributed by atoms with Crippen molar-refractivity contribution in [3.8, 4) is 5.75 Å². The van der Waals surface area contributed by atoms with Gasteiger partial charge >= 0.3 is 6.03 Å². The highest BCUT2D eigenvalue weighted by molar-refractivity contribution is 7.89. The molecule has 0 spiro atoms. The van der Waals surface area contributed by atoms with Crippen LogP contribution in [0.3, 0.4) is 0 Å². The molecule has 0 fully saturated rings. The first-order chi connectivity index (χ1) is 11.8. The Balaban J connectivity index is 2.20. The molecule has 134 valence electrons. The van der Waals surface area contributed by atoms with E-state index in [9.17, 15) is 17.6 Å². The summed E-state index contributed by atoms with van der Waals surface area (Å²) in [6, 6.07) is 10.0. The summed E-state index contributed by atoms with van der Waals surface area (Å²) >= 11 is 0. The van der Waals surface area contributed by atoms with E-state index >= 15 is 0 Å². The first-order valence-corrected chi connectivity index (χ1v) is 8.89. The quantitative estimate of drug-likeness (QED) is 0.883. The average molecular weight is 366 g/mol. The molecule has 2 aromatic carbocycles. The standard InChI is InChI=1S/C17H19FN2O4S/c1-12(15-11-13(18)9-10-16(15)24-3)19-17(21)20(2)25(22,23)14-7-5-4-6-8-14/h4-12H,1-3H3,(H,19,21). The minimum Gasteiger partial charge on any atom is -0.496 e. The maximum Gasteiger partial charge on any atom is 0.331 e. The summed E-state index contributed by atoms with van der Waals surface area (Å²) in [7, 11) is -1.39. The number of rotatable bonds is 5. The van der Waals surface area contributed by atoms with Crippen LogP contribution in [0.1, 0.15) is 18.5 Å². The van der Waals surface area contributed by atoms with Gasteiger partial charge in [-0.25, -0.2) is 21.9 Å². The molecule has 0 aliphatic heterocycles. The summed E-state index contributed by atoms with van der Waals surface area (Å²) in [6.07, 6.45) is 0. The van der Waals surface area contributed by atoms with Gasteiger partial charge in [-0.15, -0.1) is 0 Å². The van der Waals surface area contributed by atoms with E-state index < -0.39 is 27.9 Å². The topological polar surface area (TPSA) is 75.7 Å². The predicted molar refractivity (Wildman–Crippen MR) is 91.3 cm³/mol. The van der Waals surface area contributed by atoms with E-state index in [4.69, 9.17) is 4.74 Å². The Kier molecular flexibility index (Phi) is 5.63. The molecule has 8 heteroatoms. The maximum absolute atomic E-state index is 13.5. The van der Waals surface area contributed by atoms with E-state index in [0.29, 0.717) is 15.6 Å². The van der Waals surface area contributed by atoms with Crippen LogP contribution in [0.25, 0.3) is 0 Å². The van der Waals surface area contributed by atoms with Crippen LogP contribution in [-0.2, 0) is 10.0 Å². The third-order valence-corrected chi connectivity index (χ3v) is 5.44. The Labute approximate surface area is 146 Å². The zero-order valence-corrected chi connectivity index (χ0v) is 14.9. The number of hydrogen-bond acceptors (Lipinski definition) is 4. The van der Waals surface area contributed by atoms with Gasteiger partial charge in [-0.2, -0.15) is 0 Å². The first kappa shape index (κ1) is 18.7. The van der Waals surface area contributed by atoms with Crippen LogP contribution < -0.4 is 10.1 Å². The maximum atomic E-state index is 13.5. The number of hydrogen-bond donors (Lipinski definition) is 1. The predicted octanol–water partition coefficient (Wildman–Crippen LogP) is 2.93. The van der Waals surface area contributed by atoms with E-state index in [2.05, 4.69) is 5.32 Å². The largest absolute Gasteiger partial charge is 0.496 e. The molecule has 6 nitrogen and oxygen atoms in total. The number of carbonyl (C=O) groups excluding carboxylic acids is 1. The molecule has 0 radical (unpaired) electrons. The Morgan fingerprint density at radius 3 is 2.44 bits per heavy atom. The third-order valence-electron chi connectivity index (χ3n) is 3.69. The Morgan fingerprint density at radius 2 is 1.84 bits per heavy atom. The minimum atomic E-state index is -3.97. The molecule has 0 heterocycles. The van der Waals surface area contributed by atoms with Crippen molar-refractivity contribution in [2.75, 3.05) is 14.2 Å². The lowest BCUT2D eigenvalue weighted by Gasteiger charge is -2.22. The van der Waals surface area contributed by atoms with Crippen LogP contribution >= 0.6 is 0 Å². The molecule has 1 atom stereocenters. The molecule has 2 rings (SSSR count). The van der Waals surface area contributed by atoms with Crippen LogP contribution in [0.5, 0.6) is 5.75 Å². The number of benzene rings is 2. The number of nitrogens with one attached hydrogen (secondary N) is 1. The molecule has 0 saturated carbocycles. The second-order valence-corrected chi connectivity index (χ2v) is 7.31. The first-order valence-electron chi connectivity index (χ1n) is 7.45. The Hall–Kier alpha value is -2.61. The van der Waals surface area contributed by atoms with Crippen LogP contribution in [0.4, 0.5) is 9.18 Å². The van der Waals surface area contributed by atoms with E-state index in [0.717, 1.165) is 7.05 Å². The Bertz CT molecular complexity index is 856. The minimum absolute atomic E-state index is 0.00337. The van der Waals surface area contributed by atoms with Crippen molar-refractivity contribution in [3.63, 3.8) is 0 Å². The number of methoxy groups -OCH3 is 1. The summed E-state index contributed by atoms with van der Waals surface area (Å²) < 4.78 is 44.1. The smallest absolute Gasteiger partial charge is 0.331 e. The molecule has 0 saturated heterocycles. The Morgan fingerprint density at radius 1 is 1.20 bits per heavy atom. The molecule has 2 amide bonds. The number of sulfonamides is 1. The number of halogens is 1. The van der Waals surface area contributed by atoms with E-state index in [-0.39, 0.29) is 4.90 Å². The zero-order valence-electron chi connectivity index (χ0n) is 14.1. The van der Waals surface area contributed by atoms with Gasteiger partial charge in [-0.1, -0.05) is 18.2 Å².